The predicted molar refractivity (Wildman–Crippen MR) is 73.7 cm³/mol. The van der Waals surface area contributed by atoms with Crippen LogP contribution in [0.1, 0.15) is 27.7 Å². The lowest BCUT2D eigenvalue weighted by Crippen LogP contribution is -2.44. The molecule has 0 aliphatic heterocycles. The molecular formula is C12H26N2OS. The molecule has 0 aromatic rings. The smallest absolute Gasteiger partial charge is 0.169 e. The van der Waals surface area contributed by atoms with Crippen LogP contribution in [0.15, 0.2) is 0 Å². The molecule has 0 saturated carbocycles. The first-order valence-corrected chi connectivity index (χ1v) is 6.39. The van der Waals surface area contributed by atoms with Crippen molar-refractivity contribution in [3.63, 3.8) is 0 Å². The Morgan fingerprint density at radius 1 is 1.25 bits per heavy atom. The van der Waals surface area contributed by atoms with Crippen LogP contribution in [0.4, 0.5) is 0 Å². The maximum Gasteiger partial charge on any atom is 0.169 e. The Balaban J connectivity index is 4.09. The average Bonchev–Trinajstić information content (AvgIpc) is 2.20. The van der Waals surface area contributed by atoms with Crippen molar-refractivity contribution in [3.05, 3.63) is 0 Å². The molecule has 0 spiro atoms. The summed E-state index contributed by atoms with van der Waals surface area (Å²) in [6, 6.07) is 0. The third-order valence-electron chi connectivity index (χ3n) is 2.10. The van der Waals surface area contributed by atoms with Crippen LogP contribution in [0.2, 0.25) is 0 Å². The van der Waals surface area contributed by atoms with Crippen molar-refractivity contribution in [3.8, 4) is 0 Å². The lowest BCUT2D eigenvalue weighted by atomic mass is 10.2. The van der Waals surface area contributed by atoms with E-state index in [9.17, 15) is 0 Å². The number of hydrogen-bond donors (Lipinski definition) is 1. The van der Waals surface area contributed by atoms with Crippen molar-refractivity contribution >= 4 is 17.3 Å². The van der Waals surface area contributed by atoms with Gasteiger partial charge in [-0.05, 0) is 24.1 Å². The largest absolute Gasteiger partial charge is 0.383 e. The molecule has 0 rings (SSSR count). The summed E-state index contributed by atoms with van der Waals surface area (Å²) in [6.07, 6.45) is 0. The molecule has 96 valence electrons. The van der Waals surface area contributed by atoms with Gasteiger partial charge in [0.25, 0.3) is 0 Å². The highest BCUT2D eigenvalue weighted by Gasteiger charge is 2.10. The van der Waals surface area contributed by atoms with Gasteiger partial charge in [-0.1, -0.05) is 27.7 Å². The normalized spacial score (nSPS) is 10.9. The van der Waals surface area contributed by atoms with Crippen LogP contribution in [0.3, 0.4) is 0 Å². The standard InChI is InChI=1S/C12H26N2OS/c1-10(2)8-13-12(16)14(6-7-15-5)9-11(3)4/h10-11H,6-9H2,1-5H3,(H,13,16). The van der Waals surface area contributed by atoms with Crippen LogP contribution in [0, 0.1) is 11.8 Å². The van der Waals surface area contributed by atoms with E-state index in [-0.39, 0.29) is 0 Å². The van der Waals surface area contributed by atoms with E-state index in [1.165, 1.54) is 0 Å². The molecule has 0 atom stereocenters. The highest BCUT2D eigenvalue weighted by molar-refractivity contribution is 7.80. The Hall–Kier alpha value is -0.350. The number of hydrogen-bond acceptors (Lipinski definition) is 2. The fourth-order valence-electron chi connectivity index (χ4n) is 1.32. The molecule has 3 nitrogen and oxygen atoms in total. The third-order valence-corrected chi connectivity index (χ3v) is 2.50. The maximum atomic E-state index is 5.38. The number of ether oxygens (including phenoxy) is 1. The molecule has 0 heterocycles. The highest BCUT2D eigenvalue weighted by Crippen LogP contribution is 2.00. The van der Waals surface area contributed by atoms with Gasteiger partial charge in [0.1, 0.15) is 0 Å². The van der Waals surface area contributed by atoms with Gasteiger partial charge in [-0.3, -0.25) is 0 Å². The van der Waals surface area contributed by atoms with Crippen molar-refractivity contribution in [2.75, 3.05) is 33.4 Å². The van der Waals surface area contributed by atoms with Crippen molar-refractivity contribution in [1.29, 1.82) is 0 Å². The summed E-state index contributed by atoms with van der Waals surface area (Å²) >= 11 is 5.38. The van der Waals surface area contributed by atoms with Gasteiger partial charge in [0.15, 0.2) is 5.11 Å². The molecule has 0 aliphatic rings. The zero-order chi connectivity index (χ0) is 12.6. The molecule has 0 radical (unpaired) electrons. The average molecular weight is 246 g/mol. The van der Waals surface area contributed by atoms with Crippen LogP contribution in [-0.2, 0) is 4.74 Å². The molecule has 1 N–H and O–H groups in total. The van der Waals surface area contributed by atoms with Crippen molar-refractivity contribution < 1.29 is 4.74 Å². The lowest BCUT2D eigenvalue weighted by Gasteiger charge is -2.27. The Labute approximate surface area is 106 Å². The third kappa shape index (κ3) is 7.88. The van der Waals surface area contributed by atoms with Gasteiger partial charge in [-0.15, -0.1) is 0 Å². The second-order valence-corrected chi connectivity index (χ2v) is 5.30. The highest BCUT2D eigenvalue weighted by atomic mass is 32.1. The van der Waals surface area contributed by atoms with E-state index in [2.05, 4.69) is 37.9 Å². The number of rotatable bonds is 7. The predicted octanol–water partition coefficient (Wildman–Crippen LogP) is 2.12. The first-order valence-electron chi connectivity index (χ1n) is 5.99. The fourth-order valence-corrected chi connectivity index (χ4v) is 1.57. The topological polar surface area (TPSA) is 24.5 Å². The van der Waals surface area contributed by atoms with E-state index in [0.29, 0.717) is 11.8 Å². The summed E-state index contributed by atoms with van der Waals surface area (Å²) in [6.45, 7) is 12.2. The summed E-state index contributed by atoms with van der Waals surface area (Å²) < 4.78 is 5.10. The first-order chi connectivity index (χ1) is 7.47. The van der Waals surface area contributed by atoms with Crippen LogP contribution in [0.25, 0.3) is 0 Å². The monoisotopic (exact) mass is 246 g/mol. The van der Waals surface area contributed by atoms with Crippen molar-refractivity contribution in [2.24, 2.45) is 11.8 Å². The van der Waals surface area contributed by atoms with Gasteiger partial charge in [0, 0.05) is 26.7 Å². The second kappa shape index (κ2) is 8.76. The van der Waals surface area contributed by atoms with Gasteiger partial charge in [0.2, 0.25) is 0 Å². The molecule has 0 amide bonds. The van der Waals surface area contributed by atoms with Crippen LogP contribution < -0.4 is 5.32 Å². The Morgan fingerprint density at radius 2 is 1.88 bits per heavy atom. The molecule has 0 aromatic heterocycles. The Bertz CT molecular complexity index is 195. The maximum absolute atomic E-state index is 5.38. The minimum atomic E-state index is 0.607. The summed E-state index contributed by atoms with van der Waals surface area (Å²) in [7, 11) is 1.72. The van der Waals surface area contributed by atoms with Crippen molar-refractivity contribution in [1.82, 2.24) is 10.2 Å². The Morgan fingerprint density at radius 3 is 2.31 bits per heavy atom. The van der Waals surface area contributed by atoms with E-state index in [1.807, 2.05) is 0 Å². The van der Waals surface area contributed by atoms with E-state index in [4.69, 9.17) is 17.0 Å². The van der Waals surface area contributed by atoms with Gasteiger partial charge in [-0.25, -0.2) is 0 Å². The number of nitrogens with zero attached hydrogens (tertiary/aromatic N) is 1. The van der Waals surface area contributed by atoms with E-state index < -0.39 is 0 Å². The quantitative estimate of drug-likeness (QED) is 0.696. The van der Waals surface area contributed by atoms with Gasteiger partial charge >= 0.3 is 0 Å². The van der Waals surface area contributed by atoms with Crippen LogP contribution >= 0.6 is 12.2 Å². The van der Waals surface area contributed by atoms with E-state index in [0.717, 1.165) is 31.4 Å². The molecular weight excluding hydrogens is 220 g/mol. The SMILES string of the molecule is COCCN(CC(C)C)C(=S)NCC(C)C. The molecule has 0 unspecified atom stereocenters. The summed E-state index contributed by atoms with van der Waals surface area (Å²) in [5, 5.41) is 4.14. The van der Waals surface area contributed by atoms with E-state index in [1.54, 1.807) is 7.11 Å². The summed E-state index contributed by atoms with van der Waals surface area (Å²) in [5.74, 6) is 1.22. The minimum Gasteiger partial charge on any atom is -0.383 e. The van der Waals surface area contributed by atoms with Crippen LogP contribution in [0.5, 0.6) is 0 Å². The minimum absolute atomic E-state index is 0.607. The number of nitrogens with one attached hydrogen (secondary N) is 1. The lowest BCUT2D eigenvalue weighted by molar-refractivity contribution is 0.171. The summed E-state index contributed by atoms with van der Waals surface area (Å²) in [5.41, 5.74) is 0. The zero-order valence-corrected chi connectivity index (χ0v) is 12.1. The van der Waals surface area contributed by atoms with Crippen molar-refractivity contribution in [2.45, 2.75) is 27.7 Å². The fraction of sp³-hybridized carbons (Fsp3) is 0.917. The first kappa shape index (κ1) is 15.7. The molecule has 0 aromatic carbocycles. The van der Waals surface area contributed by atoms with Gasteiger partial charge in [-0.2, -0.15) is 0 Å². The zero-order valence-electron chi connectivity index (χ0n) is 11.2. The molecule has 0 aliphatic carbocycles. The summed E-state index contributed by atoms with van der Waals surface area (Å²) in [4.78, 5) is 2.19. The molecule has 4 heteroatoms. The molecule has 0 saturated heterocycles. The Kier molecular flexibility index (Phi) is 8.57. The van der Waals surface area contributed by atoms with Gasteiger partial charge < -0.3 is 15.0 Å². The van der Waals surface area contributed by atoms with Crippen LogP contribution in [-0.4, -0.2) is 43.4 Å². The van der Waals surface area contributed by atoms with E-state index >= 15 is 0 Å². The number of methoxy groups -OCH3 is 1. The molecule has 0 fully saturated rings. The molecule has 0 bridgehead atoms. The van der Waals surface area contributed by atoms with Gasteiger partial charge in [0.05, 0.1) is 6.61 Å². The second-order valence-electron chi connectivity index (χ2n) is 4.91. The number of thiocarbonyl (C=S) groups is 1. The molecule has 16 heavy (non-hydrogen) atoms.